The Bertz CT molecular complexity index is 917. The molecule has 5 nitrogen and oxygen atoms in total. The van der Waals surface area contributed by atoms with Crippen LogP contribution in [0.25, 0.3) is 0 Å². The van der Waals surface area contributed by atoms with Crippen LogP contribution in [0.15, 0.2) is 58.3 Å². The lowest BCUT2D eigenvalue weighted by molar-refractivity contribution is 0.0697. The van der Waals surface area contributed by atoms with E-state index in [1.54, 1.807) is 60.3 Å². The van der Waals surface area contributed by atoms with Crippen LogP contribution in [-0.4, -0.2) is 45.6 Å². The molecule has 0 unspecified atom stereocenters. The van der Waals surface area contributed by atoms with Gasteiger partial charge in [0.2, 0.25) is 0 Å². The second-order valence-corrected chi connectivity index (χ2v) is 10.0. The maximum absolute atomic E-state index is 12.9. The van der Waals surface area contributed by atoms with Crippen LogP contribution in [-0.2, 0) is 10.0 Å². The summed E-state index contributed by atoms with van der Waals surface area (Å²) in [6.07, 6.45) is 4.00. The van der Waals surface area contributed by atoms with E-state index in [0.29, 0.717) is 17.2 Å². The first-order valence-corrected chi connectivity index (χ1v) is 12.0. The van der Waals surface area contributed by atoms with Crippen molar-refractivity contribution < 1.29 is 13.2 Å². The number of hydrogen-bond acceptors (Lipinski definition) is 4. The molecule has 0 atom stereocenters. The highest BCUT2D eigenvalue weighted by atomic mass is 32.2. The van der Waals surface area contributed by atoms with E-state index in [2.05, 4.69) is 6.92 Å². The van der Waals surface area contributed by atoms with Gasteiger partial charge in [-0.3, -0.25) is 9.10 Å². The number of sulfonamides is 1. The third kappa shape index (κ3) is 4.36. The number of hydrogen-bond donors (Lipinski definition) is 0. The zero-order valence-corrected chi connectivity index (χ0v) is 18.1. The molecule has 0 bridgehead atoms. The molecule has 0 aliphatic carbocycles. The van der Waals surface area contributed by atoms with Crippen molar-refractivity contribution in [2.24, 2.45) is 5.92 Å². The molecule has 1 fully saturated rings. The Labute approximate surface area is 171 Å². The Morgan fingerprint density at radius 1 is 1.04 bits per heavy atom. The van der Waals surface area contributed by atoms with Crippen molar-refractivity contribution >= 4 is 33.4 Å². The number of likely N-dealkylation sites (tertiary alicyclic amines) is 1. The zero-order valence-electron chi connectivity index (χ0n) is 16.5. The Hall–Kier alpha value is -1.99. The second-order valence-electron chi connectivity index (χ2n) is 7.17. The van der Waals surface area contributed by atoms with Crippen molar-refractivity contribution in [2.75, 3.05) is 30.7 Å². The second kappa shape index (κ2) is 8.57. The van der Waals surface area contributed by atoms with Gasteiger partial charge in [0.05, 0.1) is 10.6 Å². The molecule has 28 heavy (non-hydrogen) atoms. The summed E-state index contributed by atoms with van der Waals surface area (Å²) >= 11 is 1.56. The fourth-order valence-electron chi connectivity index (χ4n) is 3.25. The summed E-state index contributed by atoms with van der Waals surface area (Å²) in [7, 11) is -2.12. The summed E-state index contributed by atoms with van der Waals surface area (Å²) in [5.74, 6) is 0.673. The van der Waals surface area contributed by atoms with Gasteiger partial charge in [0.25, 0.3) is 15.9 Å². The highest BCUT2D eigenvalue weighted by Crippen LogP contribution is 2.25. The van der Waals surface area contributed by atoms with Gasteiger partial charge in [-0.2, -0.15) is 0 Å². The number of thioether (sulfide) groups is 1. The van der Waals surface area contributed by atoms with Crippen molar-refractivity contribution in [2.45, 2.75) is 29.6 Å². The number of carbonyl (C=O) groups is 1. The molecule has 3 rings (SSSR count). The van der Waals surface area contributed by atoms with Gasteiger partial charge in [-0.15, -0.1) is 11.8 Å². The first-order chi connectivity index (χ1) is 13.3. The van der Waals surface area contributed by atoms with E-state index in [1.165, 1.54) is 11.4 Å². The van der Waals surface area contributed by atoms with Gasteiger partial charge in [-0.25, -0.2) is 8.42 Å². The minimum absolute atomic E-state index is 0.0108. The largest absolute Gasteiger partial charge is 0.339 e. The lowest BCUT2D eigenvalue weighted by Gasteiger charge is -2.30. The van der Waals surface area contributed by atoms with E-state index < -0.39 is 10.0 Å². The first-order valence-electron chi connectivity index (χ1n) is 9.35. The molecular weight excluding hydrogens is 392 g/mol. The Kier molecular flexibility index (Phi) is 6.35. The third-order valence-electron chi connectivity index (χ3n) is 5.27. The molecule has 0 saturated carbocycles. The van der Waals surface area contributed by atoms with Crippen LogP contribution in [0.2, 0.25) is 0 Å². The predicted octanol–water partition coefficient (Wildman–Crippen LogP) is 4.11. The molecule has 1 amide bonds. The minimum atomic E-state index is -3.65. The molecule has 1 aliphatic rings. The maximum atomic E-state index is 12.9. The summed E-state index contributed by atoms with van der Waals surface area (Å²) < 4.78 is 27.0. The molecule has 1 aliphatic heterocycles. The van der Waals surface area contributed by atoms with E-state index in [9.17, 15) is 13.2 Å². The molecule has 1 heterocycles. The number of amides is 1. The topological polar surface area (TPSA) is 57.7 Å². The average molecular weight is 419 g/mol. The van der Waals surface area contributed by atoms with Gasteiger partial charge < -0.3 is 4.90 Å². The summed E-state index contributed by atoms with van der Waals surface area (Å²) in [6, 6.07) is 13.6. The maximum Gasteiger partial charge on any atom is 0.264 e. The highest BCUT2D eigenvalue weighted by Gasteiger charge is 2.23. The molecule has 0 spiro atoms. The van der Waals surface area contributed by atoms with Crippen LogP contribution in [0.5, 0.6) is 0 Å². The van der Waals surface area contributed by atoms with Gasteiger partial charge in [-0.1, -0.05) is 6.92 Å². The van der Waals surface area contributed by atoms with E-state index >= 15 is 0 Å². The summed E-state index contributed by atoms with van der Waals surface area (Å²) in [5, 5.41) is 0. The lowest BCUT2D eigenvalue weighted by atomic mass is 9.98. The SMILES string of the molecule is CSc1ccc(S(=O)(=O)N(C)c2ccc(C(=O)N3CCC(C)CC3)cc2)cc1. The molecule has 0 radical (unpaired) electrons. The smallest absolute Gasteiger partial charge is 0.264 e. The minimum Gasteiger partial charge on any atom is -0.339 e. The third-order valence-corrected chi connectivity index (χ3v) is 7.81. The standard InChI is InChI=1S/C21H26N2O3S2/c1-16-12-14-23(15-13-16)21(24)17-4-6-18(7-5-17)22(2)28(25,26)20-10-8-19(27-3)9-11-20/h4-11,16H,12-15H2,1-3H3. The van der Waals surface area contributed by atoms with Crippen LogP contribution >= 0.6 is 11.8 Å². The van der Waals surface area contributed by atoms with Crippen molar-refractivity contribution in [1.82, 2.24) is 4.90 Å². The number of carbonyl (C=O) groups excluding carboxylic acids is 1. The first kappa shape index (κ1) is 20.7. The summed E-state index contributed by atoms with van der Waals surface area (Å²) in [5.41, 5.74) is 1.12. The van der Waals surface area contributed by atoms with E-state index in [1.807, 2.05) is 11.2 Å². The van der Waals surface area contributed by atoms with Gasteiger partial charge in [-0.05, 0) is 73.5 Å². The Morgan fingerprint density at radius 3 is 2.14 bits per heavy atom. The number of anilines is 1. The number of nitrogens with zero attached hydrogens (tertiary/aromatic N) is 2. The quantitative estimate of drug-likeness (QED) is 0.686. The normalized spacial score (nSPS) is 15.5. The molecule has 0 N–H and O–H groups in total. The molecule has 150 valence electrons. The van der Waals surface area contributed by atoms with E-state index in [-0.39, 0.29) is 10.8 Å². The van der Waals surface area contributed by atoms with Gasteiger partial charge in [0.1, 0.15) is 0 Å². The monoisotopic (exact) mass is 418 g/mol. The van der Waals surface area contributed by atoms with Gasteiger partial charge >= 0.3 is 0 Å². The number of rotatable bonds is 5. The lowest BCUT2D eigenvalue weighted by Crippen LogP contribution is -2.37. The molecule has 2 aromatic carbocycles. The van der Waals surface area contributed by atoms with Crippen LogP contribution < -0.4 is 4.31 Å². The summed E-state index contributed by atoms with van der Waals surface area (Å²) in [4.78, 5) is 15.8. The van der Waals surface area contributed by atoms with Crippen LogP contribution in [0.4, 0.5) is 5.69 Å². The van der Waals surface area contributed by atoms with Gasteiger partial charge in [0.15, 0.2) is 0 Å². The molecule has 0 aromatic heterocycles. The fraction of sp³-hybridized carbons (Fsp3) is 0.381. The van der Waals surface area contributed by atoms with Crippen LogP contribution in [0.1, 0.15) is 30.1 Å². The summed E-state index contributed by atoms with van der Waals surface area (Å²) in [6.45, 7) is 3.77. The average Bonchev–Trinajstić information content (AvgIpc) is 2.73. The molecule has 1 saturated heterocycles. The predicted molar refractivity (Wildman–Crippen MR) is 115 cm³/mol. The van der Waals surface area contributed by atoms with E-state index in [0.717, 1.165) is 30.8 Å². The Balaban J connectivity index is 1.75. The number of piperidine rings is 1. The van der Waals surface area contributed by atoms with Crippen molar-refractivity contribution in [3.05, 3.63) is 54.1 Å². The van der Waals surface area contributed by atoms with Crippen molar-refractivity contribution in [3.8, 4) is 0 Å². The molecular formula is C21H26N2O3S2. The van der Waals surface area contributed by atoms with Crippen molar-refractivity contribution in [3.63, 3.8) is 0 Å². The molecule has 2 aromatic rings. The Morgan fingerprint density at radius 2 is 1.61 bits per heavy atom. The fourth-order valence-corrected chi connectivity index (χ4v) is 4.86. The van der Waals surface area contributed by atoms with E-state index in [4.69, 9.17) is 0 Å². The highest BCUT2D eigenvalue weighted by molar-refractivity contribution is 7.98. The van der Waals surface area contributed by atoms with Crippen LogP contribution in [0.3, 0.4) is 0 Å². The molecule has 7 heteroatoms. The zero-order chi connectivity index (χ0) is 20.3. The number of benzene rings is 2. The van der Waals surface area contributed by atoms with Crippen molar-refractivity contribution in [1.29, 1.82) is 0 Å². The van der Waals surface area contributed by atoms with Crippen LogP contribution in [0, 0.1) is 5.92 Å². The van der Waals surface area contributed by atoms with Gasteiger partial charge in [0, 0.05) is 30.6 Å².